The molecule has 1 saturated carbocycles. The second-order valence-corrected chi connectivity index (χ2v) is 12.2. The standard InChI is InChI=1S/C31H29FN4OS2/c32-23-8-9-25(27(15-23)37-17-24-18-39-31(34-24)19-4-2-1-3-5-19)29-30-26(11-13-38-30)28(35-36-29)21-6-7-22-16-33-12-10-20(22)14-21/h6-9,11,13-15,18-19,33H,1-5,10,12,16-17H2. The lowest BCUT2D eigenvalue weighted by molar-refractivity contribution is 0.301. The van der Waals surface area contributed by atoms with E-state index in [9.17, 15) is 4.39 Å². The molecule has 8 heteroatoms. The summed E-state index contributed by atoms with van der Waals surface area (Å²) in [5, 5.41) is 19.2. The van der Waals surface area contributed by atoms with Crippen molar-refractivity contribution >= 4 is 32.8 Å². The lowest BCUT2D eigenvalue weighted by Crippen LogP contribution is -2.23. The van der Waals surface area contributed by atoms with Gasteiger partial charge in [0.15, 0.2) is 0 Å². The van der Waals surface area contributed by atoms with Crippen molar-refractivity contribution in [3.63, 3.8) is 0 Å². The first-order chi connectivity index (χ1) is 19.2. The number of hydrogen-bond donors (Lipinski definition) is 1. The van der Waals surface area contributed by atoms with Crippen LogP contribution in [0.25, 0.3) is 32.6 Å². The Morgan fingerprint density at radius 3 is 2.77 bits per heavy atom. The van der Waals surface area contributed by atoms with E-state index in [-0.39, 0.29) is 5.82 Å². The zero-order chi connectivity index (χ0) is 26.2. The number of halogens is 1. The maximum Gasteiger partial charge on any atom is 0.132 e. The van der Waals surface area contributed by atoms with E-state index in [2.05, 4.69) is 45.4 Å². The van der Waals surface area contributed by atoms with Crippen LogP contribution in [0.4, 0.5) is 4.39 Å². The fourth-order valence-corrected chi connectivity index (χ4v) is 7.65. The summed E-state index contributed by atoms with van der Waals surface area (Å²) in [5.74, 6) is 0.681. The predicted octanol–water partition coefficient (Wildman–Crippen LogP) is 7.89. The normalized spacial score (nSPS) is 15.9. The highest BCUT2D eigenvalue weighted by molar-refractivity contribution is 7.17. The first-order valence-corrected chi connectivity index (χ1v) is 15.4. The van der Waals surface area contributed by atoms with E-state index in [0.717, 1.165) is 52.1 Å². The molecular weight excluding hydrogens is 528 g/mol. The second kappa shape index (κ2) is 10.8. The number of rotatable bonds is 6. The summed E-state index contributed by atoms with van der Waals surface area (Å²) in [6.07, 6.45) is 7.34. The van der Waals surface area contributed by atoms with Gasteiger partial charge in [-0.15, -0.1) is 32.9 Å². The molecule has 1 fully saturated rings. The molecule has 1 N–H and O–H groups in total. The summed E-state index contributed by atoms with van der Waals surface area (Å²) >= 11 is 3.34. The Hall–Kier alpha value is -3.20. The second-order valence-electron chi connectivity index (χ2n) is 10.4. The molecule has 0 bridgehead atoms. The average molecular weight is 557 g/mol. The molecule has 198 valence electrons. The van der Waals surface area contributed by atoms with Crippen molar-refractivity contribution in [1.82, 2.24) is 20.5 Å². The fraction of sp³-hybridized carbons (Fsp3) is 0.323. The number of hydrogen-bond acceptors (Lipinski definition) is 7. The summed E-state index contributed by atoms with van der Waals surface area (Å²) in [5.41, 5.74) is 6.99. The third-order valence-corrected chi connectivity index (χ3v) is 9.83. The SMILES string of the molecule is Fc1ccc(-c2nnc(-c3ccc4c(c3)CCNC4)c3ccsc23)c(OCc2csc(C3CCCCC3)n2)c1. The summed E-state index contributed by atoms with van der Waals surface area (Å²) in [4.78, 5) is 4.86. The van der Waals surface area contributed by atoms with Gasteiger partial charge in [0.25, 0.3) is 0 Å². The number of fused-ring (bicyclic) bond motifs is 2. The van der Waals surface area contributed by atoms with Crippen molar-refractivity contribution in [1.29, 1.82) is 0 Å². The molecular formula is C31H29FN4OS2. The van der Waals surface area contributed by atoms with Gasteiger partial charge in [-0.05, 0) is 66.6 Å². The largest absolute Gasteiger partial charge is 0.486 e. The number of ether oxygens (including phenoxy) is 1. The molecule has 0 spiro atoms. The van der Waals surface area contributed by atoms with E-state index in [0.29, 0.717) is 24.0 Å². The van der Waals surface area contributed by atoms with Crippen LogP contribution in [0.2, 0.25) is 0 Å². The van der Waals surface area contributed by atoms with Crippen LogP contribution in [0.3, 0.4) is 0 Å². The third-order valence-electron chi connectivity index (χ3n) is 7.85. The minimum absolute atomic E-state index is 0.294. The first-order valence-electron chi connectivity index (χ1n) is 13.7. The number of aromatic nitrogens is 3. The Morgan fingerprint density at radius 1 is 0.949 bits per heavy atom. The predicted molar refractivity (Wildman–Crippen MR) is 156 cm³/mol. The molecule has 0 unspecified atom stereocenters. The van der Waals surface area contributed by atoms with Crippen molar-refractivity contribution in [2.45, 2.75) is 57.6 Å². The molecule has 3 aromatic heterocycles. The van der Waals surface area contributed by atoms with Gasteiger partial charge in [-0.1, -0.05) is 31.4 Å². The third kappa shape index (κ3) is 4.97. The first kappa shape index (κ1) is 24.8. The zero-order valence-electron chi connectivity index (χ0n) is 21.6. The van der Waals surface area contributed by atoms with Crippen molar-refractivity contribution in [2.24, 2.45) is 0 Å². The molecule has 0 amide bonds. The van der Waals surface area contributed by atoms with E-state index >= 15 is 0 Å². The molecule has 39 heavy (non-hydrogen) atoms. The molecule has 1 aliphatic heterocycles. The topological polar surface area (TPSA) is 59.9 Å². The summed E-state index contributed by atoms with van der Waals surface area (Å²) < 4.78 is 21.6. The van der Waals surface area contributed by atoms with Crippen LogP contribution in [0.1, 0.15) is 59.9 Å². The molecule has 1 aliphatic carbocycles. The maximum absolute atomic E-state index is 14.4. The Morgan fingerprint density at radius 2 is 1.85 bits per heavy atom. The van der Waals surface area contributed by atoms with Crippen LogP contribution in [-0.4, -0.2) is 21.7 Å². The maximum atomic E-state index is 14.4. The van der Waals surface area contributed by atoms with Crippen LogP contribution < -0.4 is 10.1 Å². The van der Waals surface area contributed by atoms with Gasteiger partial charge in [-0.3, -0.25) is 0 Å². The molecule has 2 aliphatic rings. The average Bonchev–Trinajstić information content (AvgIpc) is 3.67. The fourth-order valence-electron chi connectivity index (χ4n) is 5.78. The van der Waals surface area contributed by atoms with Gasteiger partial charge in [0, 0.05) is 40.4 Å². The van der Waals surface area contributed by atoms with Gasteiger partial charge in [0.2, 0.25) is 0 Å². The van der Waals surface area contributed by atoms with Gasteiger partial charge in [-0.25, -0.2) is 9.37 Å². The lowest BCUT2D eigenvalue weighted by Gasteiger charge is -2.18. The highest BCUT2D eigenvalue weighted by Gasteiger charge is 2.21. The molecule has 7 rings (SSSR count). The van der Waals surface area contributed by atoms with Gasteiger partial charge >= 0.3 is 0 Å². The molecule has 5 nitrogen and oxygen atoms in total. The van der Waals surface area contributed by atoms with Crippen LogP contribution in [0.15, 0.2) is 53.2 Å². The minimum Gasteiger partial charge on any atom is -0.486 e. The highest BCUT2D eigenvalue weighted by Crippen LogP contribution is 2.40. The Bertz CT molecular complexity index is 1640. The van der Waals surface area contributed by atoms with Gasteiger partial charge in [0.1, 0.15) is 29.6 Å². The Kier molecular flexibility index (Phi) is 6.84. The monoisotopic (exact) mass is 556 g/mol. The number of benzene rings is 2. The molecule has 5 aromatic rings. The van der Waals surface area contributed by atoms with E-state index in [1.54, 1.807) is 28.7 Å². The number of nitrogens with zero attached hydrogens (tertiary/aromatic N) is 3. The van der Waals surface area contributed by atoms with E-state index in [4.69, 9.17) is 14.8 Å². The summed E-state index contributed by atoms with van der Waals surface area (Å²) in [6, 6.07) is 13.3. The molecule has 0 atom stereocenters. The molecule has 4 heterocycles. The minimum atomic E-state index is -0.342. The van der Waals surface area contributed by atoms with Crippen LogP contribution in [-0.2, 0) is 19.6 Å². The van der Waals surface area contributed by atoms with Crippen LogP contribution in [0, 0.1) is 5.82 Å². The van der Waals surface area contributed by atoms with Gasteiger partial charge < -0.3 is 10.1 Å². The highest BCUT2D eigenvalue weighted by atomic mass is 32.1. The number of nitrogens with one attached hydrogen (secondary N) is 1. The van der Waals surface area contributed by atoms with Gasteiger partial charge in [0.05, 0.1) is 15.4 Å². The lowest BCUT2D eigenvalue weighted by atomic mass is 9.90. The Labute approximate surface area is 235 Å². The summed E-state index contributed by atoms with van der Waals surface area (Å²) in [6.45, 7) is 2.19. The van der Waals surface area contributed by atoms with Crippen LogP contribution >= 0.6 is 22.7 Å². The van der Waals surface area contributed by atoms with Crippen LogP contribution in [0.5, 0.6) is 5.75 Å². The van der Waals surface area contributed by atoms with E-state index in [1.165, 1.54) is 60.4 Å². The quantitative estimate of drug-likeness (QED) is 0.230. The Balaban J connectivity index is 1.19. The summed E-state index contributed by atoms with van der Waals surface area (Å²) in [7, 11) is 0. The van der Waals surface area contributed by atoms with Crippen molar-refractivity contribution in [3.8, 4) is 28.3 Å². The smallest absolute Gasteiger partial charge is 0.132 e. The molecule has 0 saturated heterocycles. The molecule has 0 radical (unpaired) electrons. The van der Waals surface area contributed by atoms with E-state index in [1.807, 2.05) is 0 Å². The van der Waals surface area contributed by atoms with Gasteiger partial charge in [-0.2, -0.15) is 0 Å². The van der Waals surface area contributed by atoms with Crippen molar-refractivity contribution < 1.29 is 9.13 Å². The molecule has 2 aromatic carbocycles. The zero-order valence-corrected chi connectivity index (χ0v) is 23.2. The van der Waals surface area contributed by atoms with Crippen molar-refractivity contribution in [3.05, 3.63) is 80.9 Å². The number of thiophene rings is 1. The number of thiazole rings is 1. The van der Waals surface area contributed by atoms with E-state index < -0.39 is 0 Å². The van der Waals surface area contributed by atoms with Crippen molar-refractivity contribution in [2.75, 3.05) is 6.54 Å².